The highest BCUT2D eigenvalue weighted by atomic mass is 16.5. The molecule has 2 aliphatic rings. The Kier molecular flexibility index (Phi) is 3.89. The molecule has 0 aromatic heterocycles. The van der Waals surface area contributed by atoms with Crippen LogP contribution in [0.2, 0.25) is 0 Å². The number of hydrogen-bond donors (Lipinski definition) is 1. The quantitative estimate of drug-likeness (QED) is 0.893. The van der Waals surface area contributed by atoms with Crippen LogP contribution in [0.3, 0.4) is 0 Å². The SMILES string of the molecule is CN1CCCc2cccc(OC[C@H]3CNCCO3)c21. The first-order valence-electron chi connectivity index (χ1n) is 7.13. The molecule has 4 nitrogen and oxygen atoms in total. The van der Waals surface area contributed by atoms with Crippen molar-refractivity contribution in [1.29, 1.82) is 0 Å². The Morgan fingerprint density at radius 1 is 1.47 bits per heavy atom. The van der Waals surface area contributed by atoms with Gasteiger partial charge in [-0.2, -0.15) is 0 Å². The van der Waals surface area contributed by atoms with Crippen molar-refractivity contribution in [2.45, 2.75) is 18.9 Å². The highest BCUT2D eigenvalue weighted by Crippen LogP contribution is 2.35. The molecule has 0 unspecified atom stereocenters. The number of rotatable bonds is 3. The largest absolute Gasteiger partial charge is 0.489 e. The molecule has 2 aliphatic heterocycles. The number of para-hydroxylation sites is 1. The maximum atomic E-state index is 6.01. The lowest BCUT2D eigenvalue weighted by molar-refractivity contribution is 0.000274. The van der Waals surface area contributed by atoms with Crippen LogP contribution in [-0.2, 0) is 11.2 Å². The van der Waals surface area contributed by atoms with Gasteiger partial charge >= 0.3 is 0 Å². The molecule has 2 heterocycles. The number of nitrogens with zero attached hydrogens (tertiary/aromatic N) is 1. The lowest BCUT2D eigenvalue weighted by atomic mass is 10.0. The first kappa shape index (κ1) is 12.8. The first-order chi connectivity index (χ1) is 9.34. The average molecular weight is 262 g/mol. The van der Waals surface area contributed by atoms with Gasteiger partial charge in [-0.15, -0.1) is 0 Å². The van der Waals surface area contributed by atoms with E-state index < -0.39 is 0 Å². The summed E-state index contributed by atoms with van der Waals surface area (Å²) in [5.41, 5.74) is 2.66. The molecule has 0 spiro atoms. The van der Waals surface area contributed by atoms with Gasteiger partial charge in [-0.05, 0) is 24.5 Å². The van der Waals surface area contributed by atoms with Crippen molar-refractivity contribution in [2.24, 2.45) is 0 Å². The summed E-state index contributed by atoms with van der Waals surface area (Å²) in [6.07, 6.45) is 2.54. The fraction of sp³-hybridized carbons (Fsp3) is 0.600. The predicted molar refractivity (Wildman–Crippen MR) is 76.1 cm³/mol. The van der Waals surface area contributed by atoms with Crippen LogP contribution in [0.1, 0.15) is 12.0 Å². The van der Waals surface area contributed by atoms with E-state index in [0.717, 1.165) is 38.4 Å². The zero-order valence-corrected chi connectivity index (χ0v) is 11.5. The molecule has 19 heavy (non-hydrogen) atoms. The smallest absolute Gasteiger partial charge is 0.143 e. The molecule has 0 aliphatic carbocycles. The van der Waals surface area contributed by atoms with Gasteiger partial charge in [0.1, 0.15) is 18.5 Å². The Hall–Kier alpha value is -1.26. The van der Waals surface area contributed by atoms with E-state index in [1.165, 1.54) is 17.7 Å². The van der Waals surface area contributed by atoms with Crippen molar-refractivity contribution in [3.8, 4) is 5.75 Å². The molecular weight excluding hydrogens is 240 g/mol. The molecule has 1 aromatic carbocycles. The molecule has 1 aromatic rings. The molecule has 0 radical (unpaired) electrons. The summed E-state index contributed by atoms with van der Waals surface area (Å²) in [6.45, 7) is 4.33. The maximum Gasteiger partial charge on any atom is 0.143 e. The first-order valence-corrected chi connectivity index (χ1v) is 7.13. The summed E-state index contributed by atoms with van der Waals surface area (Å²) >= 11 is 0. The highest BCUT2D eigenvalue weighted by Gasteiger charge is 2.20. The normalized spacial score (nSPS) is 23.0. The van der Waals surface area contributed by atoms with Crippen molar-refractivity contribution >= 4 is 5.69 Å². The third kappa shape index (κ3) is 2.85. The Bertz CT molecular complexity index is 430. The molecule has 0 bridgehead atoms. The number of fused-ring (bicyclic) bond motifs is 1. The fourth-order valence-corrected chi connectivity index (χ4v) is 2.85. The minimum absolute atomic E-state index is 0.165. The van der Waals surface area contributed by atoms with Crippen molar-refractivity contribution in [3.05, 3.63) is 23.8 Å². The van der Waals surface area contributed by atoms with Gasteiger partial charge in [0, 0.05) is 26.7 Å². The third-order valence-corrected chi connectivity index (χ3v) is 3.83. The molecule has 0 saturated carbocycles. The number of hydrogen-bond acceptors (Lipinski definition) is 4. The monoisotopic (exact) mass is 262 g/mol. The van der Waals surface area contributed by atoms with Gasteiger partial charge < -0.3 is 19.7 Å². The van der Waals surface area contributed by atoms with Crippen LogP contribution < -0.4 is 15.0 Å². The second-order valence-electron chi connectivity index (χ2n) is 5.30. The van der Waals surface area contributed by atoms with Gasteiger partial charge in [-0.3, -0.25) is 0 Å². The maximum absolute atomic E-state index is 6.01. The van der Waals surface area contributed by atoms with Gasteiger partial charge in [0.05, 0.1) is 12.3 Å². The molecule has 3 rings (SSSR count). The van der Waals surface area contributed by atoms with Gasteiger partial charge in [-0.25, -0.2) is 0 Å². The van der Waals surface area contributed by atoms with E-state index in [1.807, 2.05) is 0 Å². The number of nitrogens with one attached hydrogen (secondary N) is 1. The summed E-state index contributed by atoms with van der Waals surface area (Å²) in [4.78, 5) is 2.30. The number of aryl methyl sites for hydroxylation is 1. The predicted octanol–water partition coefficient (Wildman–Crippen LogP) is 1.44. The van der Waals surface area contributed by atoms with Gasteiger partial charge in [0.2, 0.25) is 0 Å². The van der Waals surface area contributed by atoms with E-state index in [0.29, 0.717) is 6.61 Å². The van der Waals surface area contributed by atoms with Crippen LogP contribution in [-0.4, -0.2) is 46.0 Å². The van der Waals surface area contributed by atoms with Gasteiger partial charge in [-0.1, -0.05) is 12.1 Å². The highest BCUT2D eigenvalue weighted by molar-refractivity contribution is 5.64. The Morgan fingerprint density at radius 3 is 3.26 bits per heavy atom. The minimum Gasteiger partial charge on any atom is -0.489 e. The number of benzene rings is 1. The summed E-state index contributed by atoms with van der Waals surface area (Å²) in [6, 6.07) is 6.36. The molecule has 4 heteroatoms. The van der Waals surface area contributed by atoms with Crippen LogP contribution in [0.4, 0.5) is 5.69 Å². The van der Waals surface area contributed by atoms with E-state index in [9.17, 15) is 0 Å². The third-order valence-electron chi connectivity index (χ3n) is 3.83. The van der Waals surface area contributed by atoms with E-state index in [2.05, 4.69) is 35.5 Å². The zero-order valence-electron chi connectivity index (χ0n) is 11.5. The summed E-state index contributed by atoms with van der Waals surface area (Å²) in [5, 5.41) is 3.33. The van der Waals surface area contributed by atoms with Crippen LogP contribution in [0, 0.1) is 0 Å². The molecule has 1 fully saturated rings. The van der Waals surface area contributed by atoms with Crippen LogP contribution in [0.25, 0.3) is 0 Å². The van der Waals surface area contributed by atoms with Crippen molar-refractivity contribution in [3.63, 3.8) is 0 Å². The van der Waals surface area contributed by atoms with Crippen LogP contribution in [0.15, 0.2) is 18.2 Å². The Labute approximate surface area is 114 Å². The number of anilines is 1. The number of ether oxygens (including phenoxy) is 2. The van der Waals surface area contributed by atoms with Crippen LogP contribution >= 0.6 is 0 Å². The van der Waals surface area contributed by atoms with Gasteiger partial charge in [0.25, 0.3) is 0 Å². The van der Waals surface area contributed by atoms with Crippen molar-refractivity contribution < 1.29 is 9.47 Å². The number of morpholine rings is 1. The summed E-state index contributed by atoms with van der Waals surface area (Å²) in [7, 11) is 2.14. The van der Waals surface area contributed by atoms with Crippen molar-refractivity contribution in [2.75, 3.05) is 44.8 Å². The second kappa shape index (κ2) is 5.80. The molecular formula is C15H22N2O2. The zero-order chi connectivity index (χ0) is 13.1. The molecule has 1 N–H and O–H groups in total. The molecule has 1 saturated heterocycles. The van der Waals surface area contributed by atoms with Gasteiger partial charge in [0.15, 0.2) is 0 Å². The summed E-state index contributed by atoms with van der Waals surface area (Å²) < 4.78 is 11.7. The van der Waals surface area contributed by atoms with Crippen molar-refractivity contribution in [1.82, 2.24) is 5.32 Å². The lowest BCUT2D eigenvalue weighted by Gasteiger charge is -2.30. The molecule has 1 atom stereocenters. The lowest BCUT2D eigenvalue weighted by Crippen LogP contribution is -2.41. The van der Waals surface area contributed by atoms with E-state index in [1.54, 1.807) is 0 Å². The standard InChI is InChI=1S/C15H22N2O2/c1-17-8-3-5-12-4-2-6-14(15(12)17)19-11-13-10-16-7-9-18-13/h2,4,6,13,16H,3,5,7-11H2,1H3/t13-/m1/s1. The topological polar surface area (TPSA) is 33.7 Å². The van der Waals surface area contributed by atoms with Crippen LogP contribution in [0.5, 0.6) is 5.75 Å². The fourth-order valence-electron chi connectivity index (χ4n) is 2.85. The van der Waals surface area contributed by atoms with E-state index in [4.69, 9.17) is 9.47 Å². The summed E-state index contributed by atoms with van der Waals surface area (Å²) in [5.74, 6) is 0.994. The molecule has 104 valence electrons. The molecule has 0 amide bonds. The minimum atomic E-state index is 0.165. The van der Waals surface area contributed by atoms with E-state index in [-0.39, 0.29) is 6.10 Å². The average Bonchev–Trinajstić information content (AvgIpc) is 2.46. The van der Waals surface area contributed by atoms with E-state index >= 15 is 0 Å². The second-order valence-corrected chi connectivity index (χ2v) is 5.30. The Balaban J connectivity index is 1.70. The Morgan fingerprint density at radius 2 is 2.42 bits per heavy atom.